The topological polar surface area (TPSA) is 116 Å². The molecule has 0 fully saturated rings. The molecule has 1 aromatic carbocycles. The van der Waals surface area contributed by atoms with Crippen molar-refractivity contribution in [2.45, 2.75) is 0 Å². The van der Waals surface area contributed by atoms with Gasteiger partial charge in [-0.2, -0.15) is 0 Å². The van der Waals surface area contributed by atoms with Crippen molar-refractivity contribution in [3.8, 4) is 5.75 Å². The molecular formula is C9H9BFNa3O6. The number of phenolic OH excluding ortho intramolecular Hbond substituents is 1. The maximum absolute atomic E-state index is 11.6. The van der Waals surface area contributed by atoms with Gasteiger partial charge in [-0.05, 0) is 12.1 Å². The molecule has 0 aliphatic rings. The summed E-state index contributed by atoms with van der Waals surface area (Å²) in [6.45, 7) is -1.01. The number of halogens is 1. The van der Waals surface area contributed by atoms with E-state index in [1.165, 1.54) is 12.1 Å². The molecule has 20 heavy (non-hydrogen) atoms. The van der Waals surface area contributed by atoms with Gasteiger partial charge in [0.25, 0.3) is 0 Å². The normalized spacial score (nSPS) is 7.60. The van der Waals surface area contributed by atoms with Crippen molar-refractivity contribution in [1.29, 1.82) is 0 Å². The number of benzene rings is 1. The molecule has 1 rings (SSSR count). The number of aromatic hydroxyl groups is 1. The second kappa shape index (κ2) is 18.4. The molecule has 0 amide bonds. The van der Waals surface area contributed by atoms with E-state index in [1.54, 1.807) is 12.1 Å². The molecule has 0 radical (unpaired) electrons. The largest absolute Gasteiger partial charge is 1.00 e. The SMILES string of the molecule is O=C(OCCF)c1ccccc1O.[Na+].[Na+].[Na+].[O-]B([O-])[O-]. The van der Waals surface area contributed by atoms with Crippen molar-refractivity contribution in [2.75, 3.05) is 13.3 Å². The van der Waals surface area contributed by atoms with Gasteiger partial charge in [0.1, 0.15) is 24.6 Å². The van der Waals surface area contributed by atoms with Crippen LogP contribution in [0.15, 0.2) is 24.3 Å². The van der Waals surface area contributed by atoms with E-state index in [-0.39, 0.29) is 107 Å². The Bertz CT molecular complexity index is 355. The Balaban J connectivity index is -0.000000164. The van der Waals surface area contributed by atoms with Crippen LogP contribution in [0.3, 0.4) is 0 Å². The van der Waals surface area contributed by atoms with Gasteiger partial charge in [0.2, 0.25) is 0 Å². The molecule has 0 saturated carbocycles. The summed E-state index contributed by atoms with van der Waals surface area (Å²) in [4.78, 5) is 11.1. The standard InChI is InChI=1S/C9H9FO3.BO3.3Na/c10-5-6-13-9(12)7-3-1-2-4-8(7)11;2-1(3)4;;;/h1-4,11H,5-6H2;;;;/q;-3;3*+1. The number of ether oxygens (including phenoxy) is 1. The van der Waals surface area contributed by atoms with Crippen LogP contribution in [-0.2, 0) is 4.74 Å². The second-order valence-electron chi connectivity index (χ2n) is 2.63. The average Bonchev–Trinajstić information content (AvgIpc) is 2.26. The third-order valence-corrected chi connectivity index (χ3v) is 1.43. The van der Waals surface area contributed by atoms with Crippen molar-refractivity contribution in [3.63, 3.8) is 0 Å². The first-order chi connectivity index (χ1) is 7.99. The molecule has 1 N–H and O–H groups in total. The summed E-state index contributed by atoms with van der Waals surface area (Å²) >= 11 is 0. The van der Waals surface area contributed by atoms with Gasteiger partial charge in [0, 0.05) is 0 Å². The van der Waals surface area contributed by atoms with Crippen LogP contribution in [0.5, 0.6) is 5.75 Å². The molecule has 1 aromatic rings. The first-order valence-corrected chi connectivity index (χ1v) is 4.47. The number of alkyl halides is 1. The van der Waals surface area contributed by atoms with Crippen LogP contribution in [0.4, 0.5) is 4.39 Å². The van der Waals surface area contributed by atoms with E-state index in [9.17, 15) is 14.3 Å². The summed E-state index contributed by atoms with van der Waals surface area (Å²) in [7, 11) is -2.92. The predicted molar refractivity (Wildman–Crippen MR) is 50.1 cm³/mol. The molecule has 0 aliphatic heterocycles. The van der Waals surface area contributed by atoms with Crippen molar-refractivity contribution in [3.05, 3.63) is 29.8 Å². The van der Waals surface area contributed by atoms with Gasteiger partial charge >= 0.3 is 94.6 Å². The number of esters is 1. The zero-order chi connectivity index (χ0) is 13.3. The minimum Gasteiger partial charge on any atom is -0.907 e. The Morgan fingerprint density at radius 2 is 1.65 bits per heavy atom. The molecule has 0 aliphatic carbocycles. The van der Waals surface area contributed by atoms with E-state index in [0.717, 1.165) is 0 Å². The Hall–Kier alpha value is 1.36. The van der Waals surface area contributed by atoms with Crippen molar-refractivity contribution in [2.24, 2.45) is 0 Å². The third-order valence-electron chi connectivity index (χ3n) is 1.43. The Morgan fingerprint density at radius 3 is 2.05 bits per heavy atom. The average molecular weight is 312 g/mol. The summed E-state index contributed by atoms with van der Waals surface area (Å²) in [6.07, 6.45) is 0. The number of rotatable bonds is 3. The number of carbonyl (C=O) groups is 1. The van der Waals surface area contributed by atoms with Gasteiger partial charge in [-0.15, -0.1) is 0 Å². The predicted octanol–water partition coefficient (Wildman–Crippen LogP) is -11.4. The molecule has 0 atom stereocenters. The summed E-state index contributed by atoms with van der Waals surface area (Å²) in [6, 6.07) is 5.95. The fraction of sp³-hybridized carbons (Fsp3) is 0.222. The minimum absolute atomic E-state index is 0. The zero-order valence-electron chi connectivity index (χ0n) is 11.7. The molecule has 0 spiro atoms. The van der Waals surface area contributed by atoms with E-state index >= 15 is 0 Å². The number of para-hydroxylation sites is 1. The van der Waals surface area contributed by atoms with E-state index < -0.39 is 20.0 Å². The van der Waals surface area contributed by atoms with Crippen LogP contribution in [-0.4, -0.2) is 31.7 Å². The van der Waals surface area contributed by atoms with Crippen molar-refractivity contribution in [1.82, 2.24) is 0 Å². The number of carbonyl (C=O) groups excluding carboxylic acids is 1. The molecule has 94 valence electrons. The van der Waals surface area contributed by atoms with Crippen molar-refractivity contribution >= 4 is 13.3 Å². The molecule has 0 unspecified atom stereocenters. The third kappa shape index (κ3) is 15.7. The van der Waals surface area contributed by atoms with Crippen LogP contribution < -0.4 is 104 Å². The van der Waals surface area contributed by atoms with Crippen molar-refractivity contribution < 1.29 is 123 Å². The van der Waals surface area contributed by atoms with Crippen LogP contribution in [0.25, 0.3) is 0 Å². The first-order valence-electron chi connectivity index (χ1n) is 4.47. The Morgan fingerprint density at radius 1 is 1.20 bits per heavy atom. The summed E-state index contributed by atoms with van der Waals surface area (Å²) in [5.41, 5.74) is 0.0518. The maximum Gasteiger partial charge on any atom is 1.00 e. The Kier molecular flexibility index (Phi) is 27.1. The van der Waals surface area contributed by atoms with Crippen LogP contribution in [0.2, 0.25) is 0 Å². The molecule has 0 saturated heterocycles. The van der Waals surface area contributed by atoms with Gasteiger partial charge in [-0.1, -0.05) is 12.1 Å². The van der Waals surface area contributed by atoms with E-state index in [1.807, 2.05) is 0 Å². The van der Waals surface area contributed by atoms with Gasteiger partial charge in [-0.25, -0.2) is 9.18 Å². The maximum atomic E-state index is 11.6. The second-order valence-corrected chi connectivity index (χ2v) is 2.63. The molecule has 0 bridgehead atoms. The zero-order valence-corrected chi connectivity index (χ0v) is 17.7. The first kappa shape index (κ1) is 29.4. The number of hydrogen-bond acceptors (Lipinski definition) is 6. The summed E-state index contributed by atoms with van der Waals surface area (Å²) in [5.74, 6) is -0.873. The fourth-order valence-corrected chi connectivity index (χ4v) is 0.855. The molecule has 6 nitrogen and oxygen atoms in total. The van der Waals surface area contributed by atoms with Crippen LogP contribution >= 0.6 is 0 Å². The molecule has 11 heteroatoms. The van der Waals surface area contributed by atoms with E-state index in [4.69, 9.17) is 15.1 Å². The van der Waals surface area contributed by atoms with Gasteiger partial charge in [0.15, 0.2) is 0 Å². The Labute approximate surface area is 182 Å². The number of phenols is 1. The minimum atomic E-state index is -2.92. The molecule has 0 aromatic heterocycles. The van der Waals surface area contributed by atoms with Crippen LogP contribution in [0, 0.1) is 0 Å². The summed E-state index contributed by atoms with van der Waals surface area (Å²) < 4.78 is 16.1. The summed E-state index contributed by atoms with van der Waals surface area (Å²) in [5, 5.41) is 34.4. The van der Waals surface area contributed by atoms with Crippen LogP contribution in [0.1, 0.15) is 10.4 Å². The fourth-order valence-electron chi connectivity index (χ4n) is 0.855. The molecular weight excluding hydrogens is 303 g/mol. The van der Waals surface area contributed by atoms with Gasteiger partial charge < -0.3 is 24.9 Å². The number of hydrogen-bond donors (Lipinski definition) is 1. The molecule has 0 heterocycles. The van der Waals surface area contributed by atoms with Gasteiger partial charge in [-0.3, -0.25) is 7.32 Å². The van der Waals surface area contributed by atoms with E-state index in [0.29, 0.717) is 0 Å². The smallest absolute Gasteiger partial charge is 0.907 e. The van der Waals surface area contributed by atoms with E-state index in [2.05, 4.69) is 4.74 Å². The van der Waals surface area contributed by atoms with Gasteiger partial charge in [0.05, 0.1) is 0 Å². The monoisotopic (exact) mass is 312 g/mol. The quantitative estimate of drug-likeness (QED) is 0.438.